The van der Waals surface area contributed by atoms with Gasteiger partial charge in [-0.1, -0.05) is 36.4 Å². The Hall–Kier alpha value is -3.79. The third-order valence-corrected chi connectivity index (χ3v) is 5.18. The molecule has 0 spiro atoms. The van der Waals surface area contributed by atoms with Crippen molar-refractivity contribution in [1.29, 1.82) is 0 Å². The highest BCUT2D eigenvalue weighted by atomic mass is 32.2. The molecule has 0 radical (unpaired) electrons. The maximum atomic E-state index is 13.6. The summed E-state index contributed by atoms with van der Waals surface area (Å²) in [5.41, 5.74) is 2.42. The van der Waals surface area contributed by atoms with Gasteiger partial charge in [0.25, 0.3) is 15.7 Å². The molecular formula is C19H15FN4O4S. The molecular weight excluding hydrogens is 399 g/mol. The van der Waals surface area contributed by atoms with E-state index < -0.39 is 26.5 Å². The highest BCUT2D eigenvalue weighted by Crippen LogP contribution is 2.28. The minimum atomic E-state index is -4.03. The van der Waals surface area contributed by atoms with Crippen LogP contribution in [0.4, 0.5) is 21.5 Å². The van der Waals surface area contributed by atoms with E-state index in [9.17, 15) is 22.9 Å². The third kappa shape index (κ3) is 4.93. The molecule has 2 N–H and O–H groups in total. The first-order valence-corrected chi connectivity index (χ1v) is 9.75. The quantitative estimate of drug-likeness (QED) is 0.345. The first kappa shape index (κ1) is 20.0. The van der Waals surface area contributed by atoms with E-state index in [2.05, 4.69) is 15.2 Å². The summed E-state index contributed by atoms with van der Waals surface area (Å²) in [6, 6.07) is 17.4. The zero-order valence-corrected chi connectivity index (χ0v) is 15.6. The molecule has 3 aromatic rings. The number of nitrogens with one attached hydrogen (secondary N) is 2. The second kappa shape index (κ2) is 8.48. The van der Waals surface area contributed by atoms with Gasteiger partial charge >= 0.3 is 0 Å². The summed E-state index contributed by atoms with van der Waals surface area (Å²) in [6.07, 6.45) is 1.17. The second-order valence-corrected chi connectivity index (χ2v) is 7.48. The molecule has 8 nitrogen and oxygen atoms in total. The largest absolute Gasteiger partial charge is 0.295 e. The SMILES string of the molecule is O=[N+]([O-])c1cc(S(=O)(=O)Nc2ccccc2)ccc1N/N=C/c1ccccc1F. The summed E-state index contributed by atoms with van der Waals surface area (Å²) in [6.45, 7) is 0. The lowest BCUT2D eigenvalue weighted by Crippen LogP contribution is -2.13. The Balaban J connectivity index is 1.85. The first-order valence-electron chi connectivity index (χ1n) is 8.27. The van der Waals surface area contributed by atoms with E-state index in [0.717, 1.165) is 6.07 Å². The average Bonchev–Trinajstić information content (AvgIpc) is 2.70. The van der Waals surface area contributed by atoms with Crippen molar-refractivity contribution in [2.45, 2.75) is 4.90 Å². The molecule has 0 saturated heterocycles. The van der Waals surface area contributed by atoms with E-state index >= 15 is 0 Å². The van der Waals surface area contributed by atoms with Crippen molar-refractivity contribution in [1.82, 2.24) is 0 Å². The van der Waals surface area contributed by atoms with Gasteiger partial charge in [0.2, 0.25) is 0 Å². The van der Waals surface area contributed by atoms with Gasteiger partial charge in [-0.3, -0.25) is 20.3 Å². The Labute approximate surface area is 165 Å². The molecule has 0 atom stereocenters. The number of hydrogen-bond donors (Lipinski definition) is 2. The smallest absolute Gasteiger partial charge is 0.280 e. The summed E-state index contributed by atoms with van der Waals surface area (Å²) >= 11 is 0. The molecule has 0 aliphatic carbocycles. The number of benzene rings is 3. The van der Waals surface area contributed by atoms with Crippen LogP contribution in [0.3, 0.4) is 0 Å². The van der Waals surface area contributed by atoms with Gasteiger partial charge in [-0.05, 0) is 30.3 Å². The van der Waals surface area contributed by atoms with Crippen molar-refractivity contribution in [2.24, 2.45) is 5.10 Å². The summed E-state index contributed by atoms with van der Waals surface area (Å²) in [5.74, 6) is -0.499. The van der Waals surface area contributed by atoms with Crippen molar-refractivity contribution >= 4 is 33.3 Å². The Morgan fingerprint density at radius 1 is 1.00 bits per heavy atom. The molecule has 0 heterocycles. The Morgan fingerprint density at radius 3 is 2.38 bits per heavy atom. The summed E-state index contributed by atoms with van der Waals surface area (Å²) in [7, 11) is -4.03. The van der Waals surface area contributed by atoms with Crippen LogP contribution in [-0.4, -0.2) is 19.6 Å². The van der Waals surface area contributed by atoms with E-state index in [1.807, 2.05) is 0 Å². The van der Waals surface area contributed by atoms with Crippen molar-refractivity contribution < 1.29 is 17.7 Å². The predicted molar refractivity (Wildman–Crippen MR) is 108 cm³/mol. The molecule has 29 heavy (non-hydrogen) atoms. The number of hydrazone groups is 1. The molecule has 0 saturated carbocycles. The third-order valence-electron chi connectivity index (χ3n) is 3.80. The number of rotatable bonds is 7. The lowest BCUT2D eigenvalue weighted by atomic mass is 10.2. The second-order valence-electron chi connectivity index (χ2n) is 5.80. The van der Waals surface area contributed by atoms with Crippen LogP contribution in [-0.2, 0) is 10.0 Å². The van der Waals surface area contributed by atoms with E-state index in [1.54, 1.807) is 36.4 Å². The van der Waals surface area contributed by atoms with Gasteiger partial charge in [-0.15, -0.1) is 0 Å². The van der Waals surface area contributed by atoms with Crippen molar-refractivity contribution in [3.63, 3.8) is 0 Å². The number of hydrogen-bond acceptors (Lipinski definition) is 6. The Morgan fingerprint density at radius 2 is 1.69 bits per heavy atom. The Kier molecular flexibility index (Phi) is 5.84. The number of nitrogens with zero attached hydrogens (tertiary/aromatic N) is 2. The average molecular weight is 414 g/mol. The van der Waals surface area contributed by atoms with Crippen LogP contribution < -0.4 is 10.1 Å². The fourth-order valence-corrected chi connectivity index (χ4v) is 3.47. The number of nitro groups is 1. The molecule has 3 rings (SSSR count). The van der Waals surface area contributed by atoms with Gasteiger partial charge < -0.3 is 0 Å². The molecule has 0 bridgehead atoms. The van der Waals surface area contributed by atoms with Gasteiger partial charge in [0.05, 0.1) is 16.0 Å². The van der Waals surface area contributed by atoms with Crippen LogP contribution in [0.25, 0.3) is 0 Å². The van der Waals surface area contributed by atoms with E-state index in [1.165, 1.54) is 36.5 Å². The number of para-hydroxylation sites is 1. The van der Waals surface area contributed by atoms with Gasteiger partial charge in [-0.25, -0.2) is 12.8 Å². The number of nitro benzene ring substituents is 1. The van der Waals surface area contributed by atoms with Crippen LogP contribution >= 0.6 is 0 Å². The molecule has 148 valence electrons. The summed E-state index contributed by atoms with van der Waals surface area (Å²) < 4.78 is 40.9. The molecule has 0 aromatic heterocycles. The fraction of sp³-hybridized carbons (Fsp3) is 0. The standard InChI is InChI=1S/C19H15FN4O4S/c20-17-9-5-4-6-14(17)13-21-22-18-11-10-16(12-19(18)24(25)26)29(27,28)23-15-7-2-1-3-8-15/h1-13,22-23H/b21-13+. The molecule has 0 fully saturated rings. The zero-order chi connectivity index (χ0) is 20.9. The van der Waals surface area contributed by atoms with Crippen molar-refractivity contribution in [3.05, 3.63) is 94.3 Å². The molecule has 10 heteroatoms. The molecule has 0 aliphatic heterocycles. The maximum absolute atomic E-state index is 13.6. The van der Waals surface area contributed by atoms with Gasteiger partial charge in [0, 0.05) is 17.3 Å². The number of halogens is 1. The van der Waals surface area contributed by atoms with Crippen LogP contribution in [0.1, 0.15) is 5.56 Å². The highest BCUT2D eigenvalue weighted by molar-refractivity contribution is 7.92. The molecule has 0 amide bonds. The monoisotopic (exact) mass is 414 g/mol. The first-order chi connectivity index (χ1) is 13.9. The minimum Gasteiger partial charge on any atom is -0.280 e. The van der Waals surface area contributed by atoms with Crippen LogP contribution in [0.5, 0.6) is 0 Å². The summed E-state index contributed by atoms with van der Waals surface area (Å²) in [4.78, 5) is 10.4. The maximum Gasteiger partial charge on any atom is 0.295 e. The van der Waals surface area contributed by atoms with Crippen LogP contribution in [0.15, 0.2) is 82.8 Å². The fourth-order valence-electron chi connectivity index (χ4n) is 2.40. The zero-order valence-electron chi connectivity index (χ0n) is 14.8. The van der Waals surface area contributed by atoms with Crippen LogP contribution in [0, 0.1) is 15.9 Å². The Bertz CT molecular complexity index is 1170. The molecule has 0 aliphatic rings. The number of anilines is 2. The predicted octanol–water partition coefficient (Wildman–Crippen LogP) is 3.98. The molecule has 0 unspecified atom stereocenters. The van der Waals surface area contributed by atoms with Crippen LogP contribution in [0.2, 0.25) is 0 Å². The molecule has 3 aromatic carbocycles. The van der Waals surface area contributed by atoms with E-state index in [-0.39, 0.29) is 16.1 Å². The number of sulfonamides is 1. The van der Waals surface area contributed by atoms with E-state index in [4.69, 9.17) is 0 Å². The van der Waals surface area contributed by atoms with E-state index in [0.29, 0.717) is 5.69 Å². The van der Waals surface area contributed by atoms with Gasteiger partial charge in [-0.2, -0.15) is 5.10 Å². The van der Waals surface area contributed by atoms with Crippen molar-refractivity contribution in [3.8, 4) is 0 Å². The normalized spacial score (nSPS) is 11.3. The minimum absolute atomic E-state index is 0.0405. The highest BCUT2D eigenvalue weighted by Gasteiger charge is 2.21. The van der Waals surface area contributed by atoms with Gasteiger partial charge in [0.1, 0.15) is 11.5 Å². The van der Waals surface area contributed by atoms with Gasteiger partial charge in [0.15, 0.2) is 0 Å². The van der Waals surface area contributed by atoms with Crippen molar-refractivity contribution in [2.75, 3.05) is 10.1 Å². The topological polar surface area (TPSA) is 114 Å². The summed E-state index contributed by atoms with van der Waals surface area (Å²) in [5, 5.41) is 15.2. The lowest BCUT2D eigenvalue weighted by Gasteiger charge is -2.09. The lowest BCUT2D eigenvalue weighted by molar-refractivity contribution is -0.384.